The SMILES string of the molecule is C/C=C/CCC1CCC2CC(c3cc(F)c(C#Cc4ccc(OC)c(F)c4)c(F)c3)CCC2C1. The Labute approximate surface area is 201 Å². The van der Waals surface area contributed by atoms with Crippen LogP contribution in [0.1, 0.15) is 80.9 Å². The van der Waals surface area contributed by atoms with Crippen LogP contribution in [0.3, 0.4) is 0 Å². The molecule has 0 aromatic heterocycles. The maximum absolute atomic E-state index is 14.9. The van der Waals surface area contributed by atoms with E-state index in [1.54, 1.807) is 6.07 Å². The molecule has 34 heavy (non-hydrogen) atoms. The van der Waals surface area contributed by atoms with E-state index in [1.165, 1.54) is 63.5 Å². The number of fused-ring (bicyclic) bond motifs is 1. The second kappa shape index (κ2) is 11.2. The number of methoxy groups -OCH3 is 1. The van der Waals surface area contributed by atoms with Gasteiger partial charge in [-0.2, -0.15) is 0 Å². The number of benzene rings is 2. The van der Waals surface area contributed by atoms with Crippen LogP contribution < -0.4 is 4.74 Å². The molecule has 0 amide bonds. The van der Waals surface area contributed by atoms with Crippen LogP contribution in [0.4, 0.5) is 13.2 Å². The van der Waals surface area contributed by atoms with Gasteiger partial charge in [-0.3, -0.25) is 0 Å². The molecule has 2 aromatic rings. The highest BCUT2D eigenvalue weighted by atomic mass is 19.1. The molecule has 0 N–H and O–H groups in total. The second-order valence-corrected chi connectivity index (χ2v) is 9.81. The lowest BCUT2D eigenvalue weighted by Crippen LogP contribution is -2.30. The van der Waals surface area contributed by atoms with Crippen LogP contribution >= 0.6 is 0 Å². The smallest absolute Gasteiger partial charge is 0.166 e. The van der Waals surface area contributed by atoms with Gasteiger partial charge in [-0.25, -0.2) is 13.2 Å². The molecule has 2 aliphatic carbocycles. The molecule has 180 valence electrons. The molecule has 2 saturated carbocycles. The first-order chi connectivity index (χ1) is 16.5. The number of hydrogen-bond acceptors (Lipinski definition) is 1. The number of hydrogen-bond donors (Lipinski definition) is 0. The van der Waals surface area contributed by atoms with E-state index >= 15 is 0 Å². The van der Waals surface area contributed by atoms with Crippen molar-refractivity contribution >= 4 is 0 Å². The van der Waals surface area contributed by atoms with Crippen LogP contribution in [0.5, 0.6) is 5.75 Å². The van der Waals surface area contributed by atoms with Crippen molar-refractivity contribution in [2.45, 2.75) is 64.2 Å². The molecule has 0 heterocycles. The molecule has 4 unspecified atom stereocenters. The summed E-state index contributed by atoms with van der Waals surface area (Å²) in [5.74, 6) is 5.89. The third kappa shape index (κ3) is 5.69. The quantitative estimate of drug-likeness (QED) is 0.319. The highest BCUT2D eigenvalue weighted by Crippen LogP contribution is 2.48. The minimum atomic E-state index is -0.647. The molecular weight excluding hydrogens is 433 g/mol. The Balaban J connectivity index is 1.43. The van der Waals surface area contributed by atoms with Gasteiger partial charge in [-0.05, 0) is 111 Å². The molecule has 4 rings (SSSR count). The summed E-state index contributed by atoms with van der Waals surface area (Å²) in [6.45, 7) is 2.07. The minimum Gasteiger partial charge on any atom is -0.494 e. The molecule has 0 spiro atoms. The van der Waals surface area contributed by atoms with Crippen molar-refractivity contribution in [2.24, 2.45) is 17.8 Å². The minimum absolute atomic E-state index is 0.101. The zero-order chi connectivity index (χ0) is 24.1. The summed E-state index contributed by atoms with van der Waals surface area (Å²) in [6, 6.07) is 7.11. The molecule has 0 radical (unpaired) electrons. The van der Waals surface area contributed by atoms with Crippen LogP contribution in [0.15, 0.2) is 42.5 Å². The van der Waals surface area contributed by atoms with Crippen LogP contribution in [-0.4, -0.2) is 7.11 Å². The predicted octanol–water partition coefficient (Wildman–Crippen LogP) is 8.17. The van der Waals surface area contributed by atoms with Crippen molar-refractivity contribution in [1.82, 2.24) is 0 Å². The summed E-state index contributed by atoms with van der Waals surface area (Å²) in [5.41, 5.74) is 0.806. The van der Waals surface area contributed by atoms with Gasteiger partial charge < -0.3 is 4.74 Å². The van der Waals surface area contributed by atoms with E-state index in [2.05, 4.69) is 30.9 Å². The average molecular weight is 467 g/mol. The van der Waals surface area contributed by atoms with Gasteiger partial charge in [0.25, 0.3) is 0 Å². The van der Waals surface area contributed by atoms with Gasteiger partial charge in [0.05, 0.1) is 12.7 Å². The van der Waals surface area contributed by atoms with Gasteiger partial charge in [0.1, 0.15) is 11.6 Å². The number of rotatable bonds is 5. The van der Waals surface area contributed by atoms with Crippen LogP contribution in [0, 0.1) is 47.0 Å². The van der Waals surface area contributed by atoms with Crippen LogP contribution in [0.2, 0.25) is 0 Å². The lowest BCUT2D eigenvalue weighted by molar-refractivity contribution is 0.115. The summed E-state index contributed by atoms with van der Waals surface area (Å²) >= 11 is 0. The second-order valence-electron chi connectivity index (χ2n) is 9.81. The Hall–Kier alpha value is -2.67. The van der Waals surface area contributed by atoms with Crippen molar-refractivity contribution < 1.29 is 17.9 Å². The summed E-state index contributed by atoms with van der Waals surface area (Å²) in [4.78, 5) is 0. The van der Waals surface area contributed by atoms with E-state index in [-0.39, 0.29) is 17.2 Å². The molecule has 2 fully saturated rings. The number of ether oxygens (including phenoxy) is 1. The van der Waals surface area contributed by atoms with Gasteiger partial charge in [-0.1, -0.05) is 30.4 Å². The number of allylic oxidation sites excluding steroid dienone is 2. The van der Waals surface area contributed by atoms with Crippen molar-refractivity contribution in [1.29, 1.82) is 0 Å². The summed E-state index contributed by atoms with van der Waals surface area (Å²) in [5, 5.41) is 0. The fourth-order valence-electron chi connectivity index (χ4n) is 5.88. The van der Waals surface area contributed by atoms with Crippen LogP contribution in [-0.2, 0) is 0 Å². The van der Waals surface area contributed by atoms with Gasteiger partial charge >= 0.3 is 0 Å². The zero-order valence-corrected chi connectivity index (χ0v) is 20.0. The molecule has 0 bridgehead atoms. The third-order valence-corrected chi connectivity index (χ3v) is 7.72. The predicted molar refractivity (Wildman–Crippen MR) is 130 cm³/mol. The van der Waals surface area contributed by atoms with Gasteiger partial charge in [0, 0.05) is 5.56 Å². The molecule has 4 heteroatoms. The fourth-order valence-corrected chi connectivity index (χ4v) is 5.88. The van der Waals surface area contributed by atoms with E-state index in [9.17, 15) is 13.2 Å². The summed E-state index contributed by atoms with van der Waals surface area (Å²) in [6.07, 6.45) is 13.8. The van der Waals surface area contributed by atoms with E-state index in [0.717, 1.165) is 36.7 Å². The first kappa shape index (κ1) is 24.5. The van der Waals surface area contributed by atoms with Gasteiger partial charge in [0.2, 0.25) is 0 Å². The maximum Gasteiger partial charge on any atom is 0.166 e. The lowest BCUT2D eigenvalue weighted by atomic mass is 9.63. The third-order valence-electron chi connectivity index (χ3n) is 7.72. The normalized spacial score (nSPS) is 24.4. The monoisotopic (exact) mass is 466 g/mol. The highest BCUT2D eigenvalue weighted by molar-refractivity contribution is 5.47. The Morgan fingerprint density at radius 2 is 1.65 bits per heavy atom. The van der Waals surface area contributed by atoms with E-state index in [0.29, 0.717) is 11.5 Å². The Morgan fingerprint density at radius 1 is 0.912 bits per heavy atom. The van der Waals surface area contributed by atoms with Crippen molar-refractivity contribution in [3.8, 4) is 17.6 Å². The first-order valence-corrected chi connectivity index (χ1v) is 12.4. The molecule has 0 aliphatic heterocycles. The standard InChI is InChI=1S/C30H33F3O/c1-3-4-5-6-20-7-10-23-17-24(12-11-22(23)15-20)25-18-27(31)26(28(32)19-25)13-8-21-9-14-30(34-2)29(33)16-21/h3-4,9,14,16,18-20,22-24H,5-7,10-12,15,17H2,1-2H3/b4-3+. The number of halogens is 3. The zero-order valence-electron chi connectivity index (χ0n) is 20.0. The van der Waals surface area contributed by atoms with E-state index in [1.807, 2.05) is 0 Å². The summed E-state index contributed by atoms with van der Waals surface area (Å²) in [7, 11) is 1.37. The van der Waals surface area contributed by atoms with E-state index in [4.69, 9.17) is 4.74 Å². The largest absolute Gasteiger partial charge is 0.494 e. The molecule has 4 atom stereocenters. The Morgan fingerprint density at radius 3 is 2.35 bits per heavy atom. The van der Waals surface area contributed by atoms with Crippen molar-refractivity contribution in [3.05, 3.63) is 76.6 Å². The fraction of sp³-hybridized carbons (Fsp3) is 0.467. The average Bonchev–Trinajstić information content (AvgIpc) is 2.83. The first-order valence-electron chi connectivity index (χ1n) is 12.4. The van der Waals surface area contributed by atoms with Crippen molar-refractivity contribution in [2.75, 3.05) is 7.11 Å². The highest BCUT2D eigenvalue weighted by Gasteiger charge is 2.36. The Bertz CT molecular complexity index is 1070. The summed E-state index contributed by atoms with van der Waals surface area (Å²) < 4.78 is 48.5. The molecule has 2 aromatic carbocycles. The van der Waals surface area contributed by atoms with Gasteiger partial charge in [0.15, 0.2) is 11.6 Å². The molecule has 2 aliphatic rings. The molecule has 1 nitrogen and oxygen atoms in total. The van der Waals surface area contributed by atoms with E-state index < -0.39 is 17.5 Å². The molecular formula is C30H33F3O. The van der Waals surface area contributed by atoms with Crippen molar-refractivity contribution in [3.63, 3.8) is 0 Å². The van der Waals surface area contributed by atoms with Gasteiger partial charge in [-0.15, -0.1) is 0 Å². The maximum atomic E-state index is 14.9. The van der Waals surface area contributed by atoms with Crippen LogP contribution in [0.25, 0.3) is 0 Å². The lowest BCUT2D eigenvalue weighted by Gasteiger charge is -2.42. The Kier molecular flexibility index (Phi) is 8.03. The topological polar surface area (TPSA) is 9.23 Å². The molecule has 0 saturated heterocycles.